The highest BCUT2D eigenvalue weighted by Crippen LogP contribution is 2.24. The minimum atomic E-state index is -1.19. The topological polar surface area (TPSA) is 61.4 Å². The Hall–Kier alpha value is -1.99. The zero-order chi connectivity index (χ0) is 15.5. The summed E-state index contributed by atoms with van der Waals surface area (Å²) >= 11 is 1.38. The Morgan fingerprint density at radius 2 is 2.10 bits per heavy atom. The van der Waals surface area contributed by atoms with Gasteiger partial charge in [-0.15, -0.1) is 11.3 Å². The number of rotatable bonds is 4. The van der Waals surface area contributed by atoms with Crippen molar-refractivity contribution in [3.8, 4) is 0 Å². The normalized spacial score (nSPS) is 13.5. The van der Waals surface area contributed by atoms with E-state index in [0.717, 1.165) is 17.0 Å². The molecule has 1 aromatic carbocycles. The van der Waals surface area contributed by atoms with Crippen molar-refractivity contribution in [1.82, 2.24) is 5.32 Å². The summed E-state index contributed by atoms with van der Waals surface area (Å²) in [5.41, 5.74) is -1.07. The molecule has 0 aliphatic rings. The molecule has 0 radical (unpaired) electrons. The van der Waals surface area contributed by atoms with Gasteiger partial charge in [0.05, 0.1) is 6.54 Å². The van der Waals surface area contributed by atoms with E-state index in [9.17, 15) is 18.7 Å². The summed E-state index contributed by atoms with van der Waals surface area (Å²) in [5.74, 6) is -2.03. The standard InChI is InChI=1S/C14H14F2N2O2S/c1-14(20,12-3-2-6-21-12)8-17-13(19)18-9-4-5-10(15)11(16)7-9/h2-7,20H,8H2,1H3,(H2,17,18,19). The van der Waals surface area contributed by atoms with Crippen LogP contribution in [-0.4, -0.2) is 17.7 Å². The zero-order valence-corrected chi connectivity index (χ0v) is 12.0. The number of urea groups is 1. The van der Waals surface area contributed by atoms with Crippen LogP contribution in [0.2, 0.25) is 0 Å². The zero-order valence-electron chi connectivity index (χ0n) is 11.2. The highest BCUT2D eigenvalue weighted by Gasteiger charge is 2.24. The monoisotopic (exact) mass is 312 g/mol. The third kappa shape index (κ3) is 3.99. The molecule has 2 rings (SSSR count). The Labute approximate surface area is 124 Å². The summed E-state index contributed by atoms with van der Waals surface area (Å²) in [7, 11) is 0. The van der Waals surface area contributed by atoms with Crippen molar-refractivity contribution in [2.45, 2.75) is 12.5 Å². The molecule has 0 saturated carbocycles. The molecule has 0 bridgehead atoms. The lowest BCUT2D eigenvalue weighted by molar-refractivity contribution is 0.0637. The van der Waals surface area contributed by atoms with E-state index in [1.54, 1.807) is 19.1 Å². The molecule has 0 spiro atoms. The molecule has 2 amide bonds. The van der Waals surface area contributed by atoms with Gasteiger partial charge < -0.3 is 15.7 Å². The lowest BCUT2D eigenvalue weighted by Gasteiger charge is -2.22. The number of hydrogen-bond donors (Lipinski definition) is 3. The predicted molar refractivity (Wildman–Crippen MR) is 77.3 cm³/mol. The molecule has 1 aromatic heterocycles. The molecule has 0 aliphatic heterocycles. The highest BCUT2D eigenvalue weighted by molar-refractivity contribution is 7.10. The van der Waals surface area contributed by atoms with E-state index >= 15 is 0 Å². The SMILES string of the molecule is CC(O)(CNC(=O)Nc1ccc(F)c(F)c1)c1cccs1. The number of thiophene rings is 1. The van der Waals surface area contributed by atoms with E-state index in [2.05, 4.69) is 10.6 Å². The van der Waals surface area contributed by atoms with E-state index < -0.39 is 23.3 Å². The van der Waals surface area contributed by atoms with Gasteiger partial charge in [0.1, 0.15) is 5.60 Å². The molecule has 0 fully saturated rings. The molecule has 4 nitrogen and oxygen atoms in total. The predicted octanol–water partition coefficient (Wildman–Crippen LogP) is 3.06. The van der Waals surface area contributed by atoms with Gasteiger partial charge in [0.2, 0.25) is 0 Å². The summed E-state index contributed by atoms with van der Waals surface area (Å²) in [6.07, 6.45) is 0. The van der Waals surface area contributed by atoms with Crippen LogP contribution in [0.5, 0.6) is 0 Å². The number of hydrogen-bond acceptors (Lipinski definition) is 3. The van der Waals surface area contributed by atoms with E-state index in [1.807, 2.05) is 5.38 Å². The fourth-order valence-electron chi connectivity index (χ4n) is 1.67. The molecule has 21 heavy (non-hydrogen) atoms. The molecule has 1 atom stereocenters. The Balaban J connectivity index is 1.91. The van der Waals surface area contributed by atoms with Crippen LogP contribution in [0.25, 0.3) is 0 Å². The van der Waals surface area contributed by atoms with Crippen LogP contribution in [0.1, 0.15) is 11.8 Å². The maximum atomic E-state index is 13.0. The van der Waals surface area contributed by atoms with Gasteiger partial charge in [-0.1, -0.05) is 6.07 Å². The number of nitrogens with one attached hydrogen (secondary N) is 2. The van der Waals surface area contributed by atoms with Crippen molar-refractivity contribution in [2.75, 3.05) is 11.9 Å². The number of anilines is 1. The lowest BCUT2D eigenvalue weighted by Crippen LogP contribution is -2.40. The lowest BCUT2D eigenvalue weighted by atomic mass is 10.1. The third-order valence-electron chi connectivity index (χ3n) is 2.82. The summed E-state index contributed by atoms with van der Waals surface area (Å²) in [4.78, 5) is 12.4. The third-order valence-corrected chi connectivity index (χ3v) is 3.95. The van der Waals surface area contributed by atoms with Crippen LogP contribution in [-0.2, 0) is 5.60 Å². The molecular weight excluding hydrogens is 298 g/mol. The molecule has 0 aliphatic carbocycles. The van der Waals surface area contributed by atoms with Crippen LogP contribution in [0.4, 0.5) is 19.3 Å². The minimum absolute atomic E-state index is 0.0109. The second kappa shape index (κ2) is 6.19. The Morgan fingerprint density at radius 3 is 2.71 bits per heavy atom. The van der Waals surface area contributed by atoms with Gasteiger partial charge in [-0.3, -0.25) is 0 Å². The average Bonchev–Trinajstić information content (AvgIpc) is 2.96. The maximum Gasteiger partial charge on any atom is 0.319 e. The number of aliphatic hydroxyl groups is 1. The first-order chi connectivity index (χ1) is 9.88. The van der Waals surface area contributed by atoms with Gasteiger partial charge in [0.15, 0.2) is 11.6 Å². The van der Waals surface area contributed by atoms with Crippen molar-refractivity contribution in [1.29, 1.82) is 0 Å². The molecule has 2 aromatic rings. The summed E-state index contributed by atoms with van der Waals surface area (Å²) in [5, 5.41) is 16.9. The fourth-order valence-corrected chi connectivity index (χ4v) is 2.46. The van der Waals surface area contributed by atoms with Crippen LogP contribution < -0.4 is 10.6 Å². The Kier molecular flexibility index (Phi) is 4.54. The number of carbonyl (C=O) groups excluding carboxylic acids is 1. The van der Waals surface area contributed by atoms with Gasteiger partial charge in [-0.25, -0.2) is 13.6 Å². The molecular formula is C14H14F2N2O2S. The van der Waals surface area contributed by atoms with Crippen LogP contribution in [0, 0.1) is 11.6 Å². The first-order valence-corrected chi connectivity index (χ1v) is 7.03. The number of amides is 2. The Bertz CT molecular complexity index is 630. The van der Waals surface area contributed by atoms with Crippen LogP contribution in [0.15, 0.2) is 35.7 Å². The fraction of sp³-hybridized carbons (Fsp3) is 0.214. The second-order valence-electron chi connectivity index (χ2n) is 4.69. The van der Waals surface area contributed by atoms with Crippen molar-refractivity contribution < 1.29 is 18.7 Å². The van der Waals surface area contributed by atoms with Gasteiger partial charge in [0, 0.05) is 16.6 Å². The van der Waals surface area contributed by atoms with Crippen LogP contribution >= 0.6 is 11.3 Å². The molecule has 1 unspecified atom stereocenters. The first kappa shape index (κ1) is 15.4. The van der Waals surface area contributed by atoms with Gasteiger partial charge >= 0.3 is 6.03 Å². The van der Waals surface area contributed by atoms with Crippen molar-refractivity contribution >= 4 is 23.1 Å². The molecule has 1 heterocycles. The van der Waals surface area contributed by atoms with Gasteiger partial charge in [-0.05, 0) is 30.5 Å². The van der Waals surface area contributed by atoms with Crippen molar-refractivity contribution in [3.63, 3.8) is 0 Å². The summed E-state index contributed by atoms with van der Waals surface area (Å²) in [6.45, 7) is 1.57. The Morgan fingerprint density at radius 1 is 1.33 bits per heavy atom. The van der Waals surface area contributed by atoms with Gasteiger partial charge in [0.25, 0.3) is 0 Å². The highest BCUT2D eigenvalue weighted by atomic mass is 32.1. The van der Waals surface area contributed by atoms with Crippen LogP contribution in [0.3, 0.4) is 0 Å². The second-order valence-corrected chi connectivity index (χ2v) is 5.64. The number of carbonyl (C=O) groups is 1. The van der Waals surface area contributed by atoms with Crippen molar-refractivity contribution in [2.24, 2.45) is 0 Å². The summed E-state index contributed by atoms with van der Waals surface area (Å²) < 4.78 is 25.8. The van der Waals surface area contributed by atoms with Gasteiger partial charge in [-0.2, -0.15) is 0 Å². The quantitative estimate of drug-likeness (QED) is 0.812. The first-order valence-electron chi connectivity index (χ1n) is 6.15. The van der Waals surface area contributed by atoms with E-state index in [4.69, 9.17) is 0 Å². The summed E-state index contributed by atoms with van der Waals surface area (Å²) in [6, 6.07) is 6.00. The average molecular weight is 312 g/mol. The molecule has 7 heteroatoms. The molecule has 3 N–H and O–H groups in total. The smallest absolute Gasteiger partial charge is 0.319 e. The van der Waals surface area contributed by atoms with Crippen molar-refractivity contribution in [3.05, 3.63) is 52.2 Å². The molecule has 112 valence electrons. The maximum absolute atomic E-state index is 13.0. The molecule has 0 saturated heterocycles. The van der Waals surface area contributed by atoms with E-state index in [-0.39, 0.29) is 12.2 Å². The minimum Gasteiger partial charge on any atom is -0.383 e. The largest absolute Gasteiger partial charge is 0.383 e. The number of benzene rings is 1. The van der Waals surface area contributed by atoms with E-state index in [1.165, 1.54) is 17.4 Å². The number of halogens is 2. The van der Waals surface area contributed by atoms with E-state index in [0.29, 0.717) is 0 Å².